The monoisotopic (exact) mass is 247 g/mol. The number of hydrogen-bond acceptors (Lipinski definition) is 5. The molecule has 0 bridgehead atoms. The van der Waals surface area contributed by atoms with E-state index in [0.717, 1.165) is 5.56 Å². The molecule has 0 aliphatic heterocycles. The van der Waals surface area contributed by atoms with E-state index in [1.807, 2.05) is 0 Å². The Morgan fingerprint density at radius 1 is 1.50 bits per heavy atom. The van der Waals surface area contributed by atoms with Crippen molar-refractivity contribution in [1.82, 2.24) is 9.88 Å². The summed E-state index contributed by atoms with van der Waals surface area (Å²) >= 11 is 0. The fourth-order valence-corrected chi connectivity index (χ4v) is 2.74. The molecule has 6 nitrogen and oxygen atoms in total. The van der Waals surface area contributed by atoms with E-state index in [0.29, 0.717) is 11.5 Å². The first-order valence-corrected chi connectivity index (χ1v) is 6.65. The molecular formula is C9H17N3O3S. The average Bonchev–Trinajstić information content (AvgIpc) is 2.44. The Bertz CT molecular complexity index is 433. The summed E-state index contributed by atoms with van der Waals surface area (Å²) in [6.07, 6.45) is 0. The lowest BCUT2D eigenvalue weighted by Gasteiger charge is -2.13. The number of nitrogens with one attached hydrogen (secondary N) is 1. The highest BCUT2D eigenvalue weighted by Crippen LogP contribution is 2.21. The van der Waals surface area contributed by atoms with Crippen LogP contribution < -0.4 is 10.5 Å². The molecule has 1 atom stereocenters. The third-order valence-corrected chi connectivity index (χ3v) is 3.75. The summed E-state index contributed by atoms with van der Waals surface area (Å²) in [4.78, 5) is 0. The van der Waals surface area contributed by atoms with Crippen LogP contribution in [0.1, 0.15) is 30.0 Å². The summed E-state index contributed by atoms with van der Waals surface area (Å²) in [5.74, 6) is 0.543. The third kappa shape index (κ3) is 3.03. The Kier molecular flexibility index (Phi) is 4.06. The number of sulfonamides is 1. The normalized spacial score (nSPS) is 14.0. The Labute approximate surface area is 95.2 Å². The van der Waals surface area contributed by atoms with Crippen LogP contribution in [0.4, 0.5) is 0 Å². The van der Waals surface area contributed by atoms with Gasteiger partial charge < -0.3 is 10.3 Å². The molecule has 0 saturated carbocycles. The predicted molar refractivity (Wildman–Crippen MR) is 60.4 cm³/mol. The summed E-state index contributed by atoms with van der Waals surface area (Å²) in [5.41, 5.74) is 6.69. The molecule has 1 aromatic heterocycles. The molecule has 1 aromatic rings. The highest BCUT2D eigenvalue weighted by atomic mass is 32.2. The Morgan fingerprint density at radius 3 is 2.56 bits per heavy atom. The topological polar surface area (TPSA) is 98.2 Å². The maximum Gasteiger partial charge on any atom is 0.213 e. The summed E-state index contributed by atoms with van der Waals surface area (Å²) < 4.78 is 30.5. The van der Waals surface area contributed by atoms with Crippen molar-refractivity contribution in [3.8, 4) is 0 Å². The maximum atomic E-state index is 11.5. The molecule has 0 fully saturated rings. The van der Waals surface area contributed by atoms with Crippen LogP contribution in [-0.4, -0.2) is 25.9 Å². The van der Waals surface area contributed by atoms with Gasteiger partial charge in [0.1, 0.15) is 5.76 Å². The molecule has 92 valence electrons. The van der Waals surface area contributed by atoms with E-state index < -0.39 is 10.0 Å². The Hall–Kier alpha value is -0.920. The second kappa shape index (κ2) is 4.94. The highest BCUT2D eigenvalue weighted by Gasteiger charge is 2.20. The van der Waals surface area contributed by atoms with Gasteiger partial charge in [-0.15, -0.1) is 0 Å². The fourth-order valence-electron chi connectivity index (χ4n) is 1.65. The van der Waals surface area contributed by atoms with Gasteiger partial charge in [-0.25, -0.2) is 13.1 Å². The maximum absolute atomic E-state index is 11.5. The molecule has 0 amide bonds. The van der Waals surface area contributed by atoms with Gasteiger partial charge in [0.25, 0.3) is 0 Å². The fraction of sp³-hybridized carbons (Fsp3) is 0.667. The van der Waals surface area contributed by atoms with Gasteiger partial charge in [0, 0.05) is 18.2 Å². The molecule has 0 saturated heterocycles. The lowest BCUT2D eigenvalue weighted by molar-refractivity contribution is 0.391. The van der Waals surface area contributed by atoms with Crippen molar-refractivity contribution in [2.45, 2.75) is 26.8 Å². The molecule has 7 heteroatoms. The second-order valence-corrected chi connectivity index (χ2v) is 5.56. The molecule has 0 aliphatic carbocycles. The minimum Gasteiger partial charge on any atom is -0.361 e. The zero-order chi connectivity index (χ0) is 12.3. The molecule has 1 heterocycles. The average molecular weight is 247 g/mol. The van der Waals surface area contributed by atoms with Crippen molar-refractivity contribution in [2.75, 3.05) is 12.3 Å². The molecular weight excluding hydrogens is 230 g/mol. The van der Waals surface area contributed by atoms with Gasteiger partial charge in [0.05, 0.1) is 11.4 Å². The minimum atomic E-state index is -3.33. The molecule has 0 radical (unpaired) electrons. The lowest BCUT2D eigenvalue weighted by atomic mass is 10.1. The Balaban J connectivity index is 2.84. The van der Waals surface area contributed by atoms with Crippen LogP contribution in [-0.2, 0) is 10.0 Å². The zero-order valence-corrected chi connectivity index (χ0v) is 10.5. The molecule has 1 unspecified atom stereocenters. The second-order valence-electron chi connectivity index (χ2n) is 3.68. The van der Waals surface area contributed by atoms with Crippen molar-refractivity contribution in [3.05, 3.63) is 17.0 Å². The molecule has 0 spiro atoms. The van der Waals surface area contributed by atoms with E-state index in [2.05, 4.69) is 9.88 Å². The van der Waals surface area contributed by atoms with Crippen molar-refractivity contribution in [2.24, 2.45) is 5.73 Å². The summed E-state index contributed by atoms with van der Waals surface area (Å²) in [6, 6.07) is -0.359. The van der Waals surface area contributed by atoms with Gasteiger partial charge >= 0.3 is 0 Å². The Morgan fingerprint density at radius 2 is 2.12 bits per heavy atom. The lowest BCUT2D eigenvalue weighted by Crippen LogP contribution is -2.32. The van der Waals surface area contributed by atoms with Gasteiger partial charge in [-0.2, -0.15) is 0 Å². The van der Waals surface area contributed by atoms with Gasteiger partial charge in [-0.05, 0) is 20.8 Å². The van der Waals surface area contributed by atoms with Crippen LogP contribution >= 0.6 is 0 Å². The van der Waals surface area contributed by atoms with E-state index in [9.17, 15) is 8.42 Å². The quantitative estimate of drug-likeness (QED) is 0.776. The molecule has 0 aromatic carbocycles. The van der Waals surface area contributed by atoms with Crippen molar-refractivity contribution in [1.29, 1.82) is 0 Å². The number of rotatable bonds is 5. The highest BCUT2D eigenvalue weighted by molar-refractivity contribution is 7.89. The van der Waals surface area contributed by atoms with E-state index in [1.165, 1.54) is 0 Å². The van der Waals surface area contributed by atoms with Crippen molar-refractivity contribution < 1.29 is 12.9 Å². The third-order valence-electron chi connectivity index (χ3n) is 2.26. The van der Waals surface area contributed by atoms with E-state index in [-0.39, 0.29) is 18.3 Å². The van der Waals surface area contributed by atoms with Crippen molar-refractivity contribution >= 4 is 10.0 Å². The number of nitrogens with zero attached hydrogens (tertiary/aromatic N) is 1. The predicted octanol–water partition coefficient (Wildman–Crippen LogP) is 0.231. The first-order chi connectivity index (χ1) is 7.37. The number of hydrogen-bond donors (Lipinski definition) is 2. The van der Waals surface area contributed by atoms with Crippen LogP contribution in [0, 0.1) is 13.8 Å². The van der Waals surface area contributed by atoms with Crippen LogP contribution in [0.15, 0.2) is 4.52 Å². The zero-order valence-electron chi connectivity index (χ0n) is 9.65. The largest absolute Gasteiger partial charge is 0.361 e. The summed E-state index contributed by atoms with van der Waals surface area (Å²) in [5, 5.41) is 3.78. The standard InChI is InChI=1S/C9H17N3O3S/c1-6-9(8(3)15-11-6)7(2)12-16(13,14)5-4-10/h7,12H,4-5,10H2,1-3H3. The van der Waals surface area contributed by atoms with Crippen LogP contribution in [0.3, 0.4) is 0 Å². The van der Waals surface area contributed by atoms with Crippen molar-refractivity contribution in [3.63, 3.8) is 0 Å². The number of nitrogens with two attached hydrogens (primary N) is 1. The van der Waals surface area contributed by atoms with E-state index in [4.69, 9.17) is 10.3 Å². The number of aryl methyl sites for hydroxylation is 2. The molecule has 1 rings (SSSR count). The minimum absolute atomic E-state index is 0.0826. The van der Waals surface area contributed by atoms with Crippen LogP contribution in [0.5, 0.6) is 0 Å². The first-order valence-electron chi connectivity index (χ1n) is 5.00. The SMILES string of the molecule is Cc1noc(C)c1C(C)NS(=O)(=O)CCN. The summed E-state index contributed by atoms with van der Waals surface area (Å²) in [6.45, 7) is 5.38. The molecule has 3 N–H and O–H groups in total. The molecule has 16 heavy (non-hydrogen) atoms. The number of aromatic nitrogens is 1. The van der Waals surface area contributed by atoms with Crippen LogP contribution in [0.25, 0.3) is 0 Å². The van der Waals surface area contributed by atoms with E-state index >= 15 is 0 Å². The summed E-state index contributed by atoms with van der Waals surface area (Å²) in [7, 11) is -3.33. The first kappa shape index (κ1) is 13.1. The smallest absolute Gasteiger partial charge is 0.213 e. The van der Waals surface area contributed by atoms with E-state index in [1.54, 1.807) is 20.8 Å². The molecule has 0 aliphatic rings. The van der Waals surface area contributed by atoms with Crippen LogP contribution in [0.2, 0.25) is 0 Å². The van der Waals surface area contributed by atoms with Gasteiger partial charge in [-0.3, -0.25) is 0 Å². The van der Waals surface area contributed by atoms with Gasteiger partial charge in [0.2, 0.25) is 10.0 Å². The van der Waals surface area contributed by atoms with Gasteiger partial charge in [-0.1, -0.05) is 5.16 Å². The van der Waals surface area contributed by atoms with Gasteiger partial charge in [0.15, 0.2) is 0 Å².